The lowest BCUT2D eigenvalue weighted by atomic mass is 9.91. The van der Waals surface area contributed by atoms with E-state index < -0.39 is 0 Å². The van der Waals surface area contributed by atoms with Gasteiger partial charge in [0.1, 0.15) is 0 Å². The topological polar surface area (TPSA) is 44.4 Å². The van der Waals surface area contributed by atoms with Crippen molar-refractivity contribution in [1.82, 2.24) is 15.5 Å². The van der Waals surface area contributed by atoms with E-state index in [-0.39, 0.29) is 11.3 Å². The predicted molar refractivity (Wildman–Crippen MR) is 79.7 cm³/mol. The molecule has 1 aromatic rings. The van der Waals surface area contributed by atoms with E-state index >= 15 is 0 Å². The highest BCUT2D eigenvalue weighted by molar-refractivity contribution is 7.10. The first-order valence-electron chi connectivity index (χ1n) is 6.82. The second kappa shape index (κ2) is 6.50. The zero-order valence-corrected chi connectivity index (χ0v) is 12.6. The van der Waals surface area contributed by atoms with Gasteiger partial charge in [0.15, 0.2) is 0 Å². The van der Waals surface area contributed by atoms with E-state index in [2.05, 4.69) is 46.9 Å². The van der Waals surface area contributed by atoms with E-state index in [1.54, 1.807) is 11.3 Å². The minimum atomic E-state index is 0.00722. The molecule has 0 spiro atoms. The third kappa shape index (κ3) is 4.30. The highest BCUT2D eigenvalue weighted by atomic mass is 32.1. The lowest BCUT2D eigenvalue weighted by molar-refractivity contribution is -0.122. The molecule has 4 nitrogen and oxygen atoms in total. The number of thiophene rings is 1. The molecule has 0 aliphatic carbocycles. The zero-order chi connectivity index (χ0) is 13.7. The van der Waals surface area contributed by atoms with Gasteiger partial charge < -0.3 is 10.6 Å². The van der Waals surface area contributed by atoms with Crippen LogP contribution in [0.5, 0.6) is 0 Å². The molecule has 1 aliphatic heterocycles. The first-order valence-corrected chi connectivity index (χ1v) is 7.70. The Morgan fingerprint density at radius 2 is 2.21 bits per heavy atom. The second-order valence-electron chi connectivity index (χ2n) is 5.66. The second-order valence-corrected chi connectivity index (χ2v) is 6.61. The molecule has 0 aromatic carbocycles. The van der Waals surface area contributed by atoms with Crippen LogP contribution in [-0.2, 0) is 10.2 Å². The van der Waals surface area contributed by atoms with E-state index in [4.69, 9.17) is 0 Å². The summed E-state index contributed by atoms with van der Waals surface area (Å²) >= 11 is 1.75. The van der Waals surface area contributed by atoms with Crippen molar-refractivity contribution in [3.8, 4) is 0 Å². The lowest BCUT2D eigenvalue weighted by Gasteiger charge is -2.28. The van der Waals surface area contributed by atoms with Crippen LogP contribution in [0.2, 0.25) is 0 Å². The van der Waals surface area contributed by atoms with Crippen LogP contribution in [0.25, 0.3) is 0 Å². The van der Waals surface area contributed by atoms with Gasteiger partial charge >= 0.3 is 0 Å². The van der Waals surface area contributed by atoms with Gasteiger partial charge in [0.05, 0.1) is 6.54 Å². The van der Waals surface area contributed by atoms with Gasteiger partial charge in [-0.2, -0.15) is 0 Å². The number of rotatable bonds is 5. The third-order valence-corrected chi connectivity index (χ3v) is 4.73. The fourth-order valence-electron chi connectivity index (χ4n) is 2.20. The van der Waals surface area contributed by atoms with Crippen LogP contribution < -0.4 is 10.6 Å². The molecule has 1 saturated heterocycles. The number of nitrogens with one attached hydrogen (secondary N) is 2. The van der Waals surface area contributed by atoms with Crippen LogP contribution in [0, 0.1) is 0 Å². The van der Waals surface area contributed by atoms with Crippen molar-refractivity contribution < 1.29 is 4.79 Å². The average molecular weight is 281 g/mol. The van der Waals surface area contributed by atoms with Crippen molar-refractivity contribution in [2.45, 2.75) is 19.3 Å². The summed E-state index contributed by atoms with van der Waals surface area (Å²) in [5, 5.41) is 8.44. The number of carbonyl (C=O) groups excluding carboxylic acids is 1. The molecule has 0 bridgehead atoms. The highest BCUT2D eigenvalue weighted by Crippen LogP contribution is 2.26. The van der Waals surface area contributed by atoms with Gasteiger partial charge in [0.25, 0.3) is 0 Å². The molecule has 1 fully saturated rings. The van der Waals surface area contributed by atoms with Gasteiger partial charge in [-0.25, -0.2) is 0 Å². The zero-order valence-electron chi connectivity index (χ0n) is 11.7. The number of amides is 1. The van der Waals surface area contributed by atoms with Gasteiger partial charge in [0.2, 0.25) is 5.91 Å². The number of carbonyl (C=O) groups is 1. The van der Waals surface area contributed by atoms with Crippen LogP contribution in [-0.4, -0.2) is 50.1 Å². The van der Waals surface area contributed by atoms with Crippen molar-refractivity contribution in [2.24, 2.45) is 0 Å². The van der Waals surface area contributed by atoms with Crippen molar-refractivity contribution in [2.75, 3.05) is 39.3 Å². The summed E-state index contributed by atoms with van der Waals surface area (Å²) in [6, 6.07) is 4.19. The van der Waals surface area contributed by atoms with Gasteiger partial charge in [-0.15, -0.1) is 11.3 Å². The molecule has 0 radical (unpaired) electrons. The first-order chi connectivity index (χ1) is 9.08. The molecule has 0 saturated carbocycles. The largest absolute Gasteiger partial charge is 0.354 e. The van der Waals surface area contributed by atoms with Gasteiger partial charge in [-0.05, 0) is 11.4 Å². The first kappa shape index (κ1) is 14.5. The van der Waals surface area contributed by atoms with E-state index in [1.807, 2.05) is 0 Å². The molecule has 0 unspecified atom stereocenters. The molecule has 2 rings (SSSR count). The Morgan fingerprint density at radius 1 is 1.47 bits per heavy atom. The van der Waals surface area contributed by atoms with Gasteiger partial charge in [0, 0.05) is 43.0 Å². The Bertz CT molecular complexity index is 397. The van der Waals surface area contributed by atoms with Gasteiger partial charge in [-0.1, -0.05) is 19.9 Å². The van der Waals surface area contributed by atoms with E-state index in [0.29, 0.717) is 13.1 Å². The molecule has 106 valence electrons. The fraction of sp³-hybridized carbons (Fsp3) is 0.643. The summed E-state index contributed by atoms with van der Waals surface area (Å²) in [4.78, 5) is 15.5. The van der Waals surface area contributed by atoms with Crippen LogP contribution >= 0.6 is 11.3 Å². The third-order valence-electron chi connectivity index (χ3n) is 3.49. The summed E-state index contributed by atoms with van der Waals surface area (Å²) in [7, 11) is 0. The van der Waals surface area contributed by atoms with Crippen molar-refractivity contribution in [1.29, 1.82) is 0 Å². The fourth-order valence-corrected chi connectivity index (χ4v) is 3.05. The summed E-state index contributed by atoms with van der Waals surface area (Å²) in [6.07, 6.45) is 0. The number of hydrogen-bond donors (Lipinski definition) is 2. The number of piperazine rings is 1. The van der Waals surface area contributed by atoms with Gasteiger partial charge in [-0.3, -0.25) is 9.69 Å². The summed E-state index contributed by atoms with van der Waals surface area (Å²) < 4.78 is 0. The molecule has 1 aromatic heterocycles. The Hall–Kier alpha value is -0.910. The minimum Gasteiger partial charge on any atom is -0.354 e. The van der Waals surface area contributed by atoms with Crippen LogP contribution in [0.4, 0.5) is 0 Å². The Labute approximate surface area is 119 Å². The molecule has 19 heavy (non-hydrogen) atoms. The monoisotopic (exact) mass is 281 g/mol. The molecule has 0 atom stereocenters. The number of hydrogen-bond acceptors (Lipinski definition) is 4. The van der Waals surface area contributed by atoms with Crippen molar-refractivity contribution in [3.63, 3.8) is 0 Å². The standard InChI is InChI=1S/C14H23N3OS/c1-14(2,12-4-3-9-19-12)11-16-13(18)10-17-7-5-15-6-8-17/h3-4,9,15H,5-8,10-11H2,1-2H3,(H,16,18). The quantitative estimate of drug-likeness (QED) is 0.848. The van der Waals surface area contributed by atoms with Crippen molar-refractivity contribution in [3.05, 3.63) is 22.4 Å². The Morgan fingerprint density at radius 3 is 2.84 bits per heavy atom. The summed E-state index contributed by atoms with van der Waals surface area (Å²) in [5.74, 6) is 0.131. The maximum atomic E-state index is 12.0. The summed E-state index contributed by atoms with van der Waals surface area (Å²) in [6.45, 7) is 9.43. The minimum absolute atomic E-state index is 0.00722. The predicted octanol–water partition coefficient (Wildman–Crippen LogP) is 1.05. The van der Waals surface area contributed by atoms with E-state index in [9.17, 15) is 4.79 Å². The Balaban J connectivity index is 1.76. The van der Waals surface area contributed by atoms with Crippen LogP contribution in [0.3, 0.4) is 0 Å². The lowest BCUT2D eigenvalue weighted by Crippen LogP contribution is -2.48. The van der Waals surface area contributed by atoms with Crippen molar-refractivity contribution >= 4 is 17.2 Å². The van der Waals surface area contributed by atoms with Crippen LogP contribution in [0.15, 0.2) is 17.5 Å². The molecule has 1 amide bonds. The summed E-state index contributed by atoms with van der Waals surface area (Å²) in [5.41, 5.74) is 0.00722. The maximum absolute atomic E-state index is 12.0. The van der Waals surface area contributed by atoms with E-state index in [0.717, 1.165) is 26.2 Å². The highest BCUT2D eigenvalue weighted by Gasteiger charge is 2.23. The maximum Gasteiger partial charge on any atom is 0.234 e. The van der Waals surface area contributed by atoms with Crippen LogP contribution in [0.1, 0.15) is 18.7 Å². The molecule has 2 N–H and O–H groups in total. The molecular formula is C14H23N3OS. The normalized spacial score (nSPS) is 17.4. The Kier molecular flexibility index (Phi) is 4.96. The smallest absolute Gasteiger partial charge is 0.234 e. The molecule has 5 heteroatoms. The molecular weight excluding hydrogens is 258 g/mol. The van der Waals surface area contributed by atoms with E-state index in [1.165, 1.54) is 4.88 Å². The molecule has 2 heterocycles. The molecule has 1 aliphatic rings. The number of nitrogens with zero attached hydrogens (tertiary/aromatic N) is 1. The SMILES string of the molecule is CC(C)(CNC(=O)CN1CCNCC1)c1cccs1. The average Bonchev–Trinajstić information content (AvgIpc) is 2.92.